The van der Waals surface area contributed by atoms with Gasteiger partial charge >= 0.3 is 0 Å². The molecule has 4 aromatic rings. The number of fused-ring (bicyclic) bond motifs is 2. The predicted molar refractivity (Wildman–Crippen MR) is 87.0 cm³/mol. The Morgan fingerprint density at radius 1 is 1.00 bits per heavy atom. The highest BCUT2D eigenvalue weighted by Crippen LogP contribution is 2.26. The van der Waals surface area contributed by atoms with Gasteiger partial charge in [0.15, 0.2) is 0 Å². The first-order chi connectivity index (χ1) is 10.3. The summed E-state index contributed by atoms with van der Waals surface area (Å²) in [5.74, 6) is 0. The number of hydrogen-bond donors (Lipinski definition) is 0. The summed E-state index contributed by atoms with van der Waals surface area (Å²) in [6.45, 7) is 0. The first kappa shape index (κ1) is 12.7. The van der Waals surface area contributed by atoms with Gasteiger partial charge < -0.3 is 0 Å². The Balaban J connectivity index is 1.79. The summed E-state index contributed by atoms with van der Waals surface area (Å²) in [5, 5.41) is 2.28. The van der Waals surface area contributed by atoms with Crippen molar-refractivity contribution in [2.45, 2.75) is 6.42 Å². The van der Waals surface area contributed by atoms with Crippen LogP contribution in [0.2, 0.25) is 0 Å². The second kappa shape index (κ2) is 5.09. The van der Waals surface area contributed by atoms with Crippen LogP contribution in [0.25, 0.3) is 20.4 Å². The summed E-state index contributed by atoms with van der Waals surface area (Å²) in [6.07, 6.45) is 0.798. The number of rotatable bonds is 3. The average Bonchev–Trinajstić information content (AvgIpc) is 3.06. The van der Waals surface area contributed by atoms with E-state index in [0.717, 1.165) is 27.5 Å². The van der Waals surface area contributed by atoms with Crippen LogP contribution in [0.15, 0.2) is 48.5 Å². The van der Waals surface area contributed by atoms with Crippen LogP contribution in [0.4, 0.5) is 0 Å². The molecule has 0 radical (unpaired) electrons. The van der Waals surface area contributed by atoms with E-state index in [-0.39, 0.29) is 0 Å². The molecular formula is C16H13N2OS2+. The van der Waals surface area contributed by atoms with Crippen molar-refractivity contribution in [3.05, 3.63) is 58.5 Å². The lowest BCUT2D eigenvalue weighted by atomic mass is 10.3. The first-order valence-corrected chi connectivity index (χ1v) is 8.30. The smallest absolute Gasteiger partial charge is 0.273 e. The van der Waals surface area contributed by atoms with Crippen LogP contribution >= 0.6 is 22.7 Å². The van der Waals surface area contributed by atoms with Gasteiger partial charge in [0.1, 0.15) is 23.2 Å². The zero-order valence-corrected chi connectivity index (χ0v) is 13.1. The fourth-order valence-corrected chi connectivity index (χ4v) is 4.63. The molecule has 0 aliphatic carbocycles. The monoisotopic (exact) mass is 313 g/mol. The van der Waals surface area contributed by atoms with Gasteiger partial charge in [-0.15, -0.1) is 11.3 Å². The fraction of sp³-hybridized carbons (Fsp3) is 0.125. The zero-order valence-electron chi connectivity index (χ0n) is 11.4. The van der Waals surface area contributed by atoms with Gasteiger partial charge in [-0.05, 0) is 18.2 Å². The Bertz CT molecular complexity index is 893. The summed E-state index contributed by atoms with van der Waals surface area (Å²) >= 11 is 3.51. The van der Waals surface area contributed by atoms with Gasteiger partial charge in [0.25, 0.3) is 10.5 Å². The molecule has 0 bridgehead atoms. The molecule has 0 aliphatic heterocycles. The molecule has 0 saturated heterocycles. The highest BCUT2D eigenvalue weighted by molar-refractivity contribution is 7.19. The van der Waals surface area contributed by atoms with E-state index >= 15 is 0 Å². The molecule has 0 atom stereocenters. The first-order valence-electron chi connectivity index (χ1n) is 6.66. The number of para-hydroxylation sites is 2. The summed E-state index contributed by atoms with van der Waals surface area (Å²) < 4.78 is 4.37. The maximum absolute atomic E-state index is 5.55. The molecule has 0 fully saturated rings. The Morgan fingerprint density at radius 2 is 1.76 bits per heavy atom. The topological polar surface area (TPSA) is 26.0 Å². The SMILES string of the molecule is CO[n+]1c(Cc2nc3ccccc3s2)sc2ccccc21. The van der Waals surface area contributed by atoms with Crippen molar-refractivity contribution in [1.29, 1.82) is 0 Å². The summed E-state index contributed by atoms with van der Waals surface area (Å²) in [4.78, 5) is 10.3. The van der Waals surface area contributed by atoms with Crippen LogP contribution in [-0.2, 0) is 6.42 Å². The highest BCUT2D eigenvalue weighted by atomic mass is 32.1. The summed E-state index contributed by atoms with van der Waals surface area (Å²) in [7, 11) is 1.71. The Hall–Kier alpha value is -1.98. The Morgan fingerprint density at radius 3 is 2.57 bits per heavy atom. The molecule has 0 spiro atoms. The third-order valence-electron chi connectivity index (χ3n) is 3.36. The molecule has 2 aromatic carbocycles. The second-order valence-corrected chi connectivity index (χ2v) is 6.92. The van der Waals surface area contributed by atoms with Gasteiger partial charge in [-0.3, -0.25) is 4.84 Å². The van der Waals surface area contributed by atoms with Gasteiger partial charge in [0.05, 0.1) is 10.2 Å². The minimum absolute atomic E-state index is 0.798. The summed E-state index contributed by atoms with van der Waals surface area (Å²) in [5.41, 5.74) is 2.18. The van der Waals surface area contributed by atoms with Gasteiger partial charge in [0, 0.05) is 10.8 Å². The van der Waals surface area contributed by atoms with Gasteiger partial charge in [-0.1, -0.05) is 35.6 Å². The van der Waals surface area contributed by atoms with E-state index in [4.69, 9.17) is 9.82 Å². The van der Waals surface area contributed by atoms with Crippen molar-refractivity contribution >= 4 is 43.1 Å². The van der Waals surface area contributed by atoms with E-state index in [1.807, 2.05) is 16.9 Å². The van der Waals surface area contributed by atoms with E-state index in [2.05, 4.69) is 36.4 Å². The van der Waals surface area contributed by atoms with Crippen molar-refractivity contribution < 1.29 is 9.57 Å². The fourth-order valence-electron chi connectivity index (χ4n) is 2.45. The van der Waals surface area contributed by atoms with E-state index in [1.54, 1.807) is 29.8 Å². The van der Waals surface area contributed by atoms with E-state index in [0.29, 0.717) is 0 Å². The largest absolute Gasteiger partial charge is 0.296 e. The zero-order chi connectivity index (χ0) is 14.2. The van der Waals surface area contributed by atoms with E-state index < -0.39 is 0 Å². The van der Waals surface area contributed by atoms with Gasteiger partial charge in [-0.25, -0.2) is 4.98 Å². The lowest BCUT2D eigenvalue weighted by molar-refractivity contribution is -0.866. The van der Waals surface area contributed by atoms with Crippen molar-refractivity contribution in [3.8, 4) is 0 Å². The number of nitrogens with zero attached hydrogens (tertiary/aromatic N) is 2. The predicted octanol–water partition coefficient (Wildman–Crippen LogP) is 3.45. The molecule has 3 nitrogen and oxygen atoms in total. The molecule has 0 saturated carbocycles. The molecular weight excluding hydrogens is 300 g/mol. The number of thiazole rings is 2. The lowest BCUT2D eigenvalue weighted by Crippen LogP contribution is -2.42. The van der Waals surface area contributed by atoms with Crippen LogP contribution in [0.3, 0.4) is 0 Å². The van der Waals surface area contributed by atoms with Crippen molar-refractivity contribution in [2.75, 3.05) is 7.11 Å². The standard InChI is InChI=1S/C16H13N2OS2/c1-19-18-12-7-3-5-9-14(12)21-16(18)10-15-17-11-6-2-4-8-13(11)20-15/h2-9H,10H2,1H3/q+1. The van der Waals surface area contributed by atoms with Gasteiger partial charge in [0.2, 0.25) is 0 Å². The minimum atomic E-state index is 0.798. The molecule has 104 valence electrons. The number of aromatic nitrogens is 2. The van der Waals surface area contributed by atoms with Crippen molar-refractivity contribution in [2.24, 2.45) is 0 Å². The quantitative estimate of drug-likeness (QED) is 0.542. The Labute approximate surface area is 130 Å². The van der Waals surface area contributed by atoms with Crippen LogP contribution in [-0.4, -0.2) is 12.1 Å². The molecule has 0 N–H and O–H groups in total. The second-order valence-electron chi connectivity index (χ2n) is 4.69. The Kier molecular flexibility index (Phi) is 3.09. The average molecular weight is 313 g/mol. The summed E-state index contributed by atoms with van der Waals surface area (Å²) in [6, 6.07) is 16.6. The van der Waals surface area contributed by atoms with Crippen molar-refractivity contribution in [1.82, 2.24) is 4.98 Å². The third kappa shape index (κ3) is 2.18. The number of hydrogen-bond acceptors (Lipinski definition) is 4. The van der Waals surface area contributed by atoms with Crippen LogP contribution in [0, 0.1) is 0 Å². The molecule has 2 heterocycles. The normalized spacial score (nSPS) is 11.3. The maximum atomic E-state index is 5.55. The van der Waals surface area contributed by atoms with Crippen LogP contribution < -0.4 is 9.57 Å². The van der Waals surface area contributed by atoms with Crippen molar-refractivity contribution in [3.63, 3.8) is 0 Å². The van der Waals surface area contributed by atoms with E-state index in [1.165, 1.54) is 9.40 Å². The molecule has 5 heteroatoms. The third-order valence-corrected chi connectivity index (χ3v) is 5.51. The highest BCUT2D eigenvalue weighted by Gasteiger charge is 2.23. The van der Waals surface area contributed by atoms with Crippen LogP contribution in [0.1, 0.15) is 10.0 Å². The van der Waals surface area contributed by atoms with E-state index in [9.17, 15) is 0 Å². The number of benzene rings is 2. The lowest BCUT2D eigenvalue weighted by Gasteiger charge is -1.92. The van der Waals surface area contributed by atoms with Gasteiger partial charge in [-0.2, -0.15) is 0 Å². The molecule has 4 rings (SSSR count). The minimum Gasteiger partial charge on any atom is -0.273 e. The molecule has 0 unspecified atom stereocenters. The molecule has 2 aromatic heterocycles. The molecule has 0 amide bonds. The van der Waals surface area contributed by atoms with Crippen LogP contribution in [0.5, 0.6) is 0 Å². The molecule has 21 heavy (non-hydrogen) atoms. The molecule has 0 aliphatic rings. The maximum Gasteiger partial charge on any atom is 0.296 e.